The fourth-order valence-electron chi connectivity index (χ4n) is 1.56. The van der Waals surface area contributed by atoms with E-state index in [-0.39, 0.29) is 0 Å². The molecule has 0 radical (unpaired) electrons. The molecule has 1 rings (SSSR count). The molecular weight excluding hydrogens is 222 g/mol. The third-order valence-corrected chi connectivity index (χ3v) is 2.93. The third kappa shape index (κ3) is 4.03. The predicted octanol–water partition coefficient (Wildman–Crippen LogP) is 3.06. The van der Waals surface area contributed by atoms with Crippen molar-refractivity contribution in [3.8, 4) is 5.75 Å². The first-order chi connectivity index (χ1) is 7.67. The Labute approximate surface area is 103 Å². The normalized spacial score (nSPS) is 10.8. The van der Waals surface area contributed by atoms with Crippen molar-refractivity contribution in [3.63, 3.8) is 0 Å². The Hall–Kier alpha value is -0.730. The summed E-state index contributed by atoms with van der Waals surface area (Å²) >= 11 is 5.72. The topological polar surface area (TPSA) is 12.5 Å². The molecule has 16 heavy (non-hydrogen) atoms. The molecule has 0 N–H and O–H groups in total. The largest absolute Gasteiger partial charge is 0.494 e. The summed E-state index contributed by atoms with van der Waals surface area (Å²) in [5.74, 6) is 0.983. The van der Waals surface area contributed by atoms with Crippen LogP contribution in [0.25, 0.3) is 0 Å². The van der Waals surface area contributed by atoms with Crippen LogP contribution < -0.4 is 4.74 Å². The minimum absolute atomic E-state index is 0.579. The summed E-state index contributed by atoms with van der Waals surface area (Å²) in [6.07, 6.45) is 1.02. The Morgan fingerprint density at radius 3 is 2.69 bits per heavy atom. The summed E-state index contributed by atoms with van der Waals surface area (Å²) in [5.41, 5.74) is 2.53. The maximum absolute atomic E-state index is 5.72. The number of halogens is 1. The predicted molar refractivity (Wildman–Crippen MR) is 69.4 cm³/mol. The Balaban J connectivity index is 2.59. The van der Waals surface area contributed by atoms with Crippen LogP contribution in [0.3, 0.4) is 0 Å². The van der Waals surface area contributed by atoms with E-state index in [9.17, 15) is 0 Å². The second-order valence-electron chi connectivity index (χ2n) is 3.98. The molecule has 0 saturated carbocycles. The van der Waals surface area contributed by atoms with Crippen molar-refractivity contribution < 1.29 is 4.74 Å². The van der Waals surface area contributed by atoms with Crippen LogP contribution in [0.2, 0.25) is 0 Å². The zero-order valence-electron chi connectivity index (χ0n) is 10.3. The zero-order chi connectivity index (χ0) is 12.0. The molecular formula is C13H20ClNO. The monoisotopic (exact) mass is 241 g/mol. The fourth-order valence-corrected chi connectivity index (χ4v) is 1.68. The molecule has 1 aromatic rings. The number of rotatable bonds is 6. The number of aryl methyl sites for hydroxylation is 1. The first kappa shape index (κ1) is 13.3. The Kier molecular flexibility index (Phi) is 5.64. The molecule has 2 nitrogen and oxygen atoms in total. The van der Waals surface area contributed by atoms with Gasteiger partial charge in [0.2, 0.25) is 0 Å². The van der Waals surface area contributed by atoms with Crippen LogP contribution in [-0.4, -0.2) is 31.1 Å². The number of hydrogen-bond donors (Lipinski definition) is 0. The smallest absolute Gasteiger partial charge is 0.122 e. The van der Waals surface area contributed by atoms with Crippen molar-refractivity contribution in [2.45, 2.75) is 20.3 Å². The van der Waals surface area contributed by atoms with E-state index in [0.29, 0.717) is 6.00 Å². The molecule has 3 heteroatoms. The molecule has 0 atom stereocenters. The van der Waals surface area contributed by atoms with Gasteiger partial charge in [-0.1, -0.05) is 12.1 Å². The van der Waals surface area contributed by atoms with Crippen molar-refractivity contribution in [1.29, 1.82) is 0 Å². The first-order valence-corrected chi connectivity index (χ1v) is 6.17. The van der Waals surface area contributed by atoms with Gasteiger partial charge in [0.25, 0.3) is 0 Å². The highest BCUT2D eigenvalue weighted by molar-refractivity contribution is 6.17. The summed E-state index contributed by atoms with van der Waals surface area (Å²) in [5, 5.41) is 0. The quantitative estimate of drug-likeness (QED) is 0.561. The van der Waals surface area contributed by atoms with Crippen LogP contribution in [0.4, 0.5) is 0 Å². The lowest BCUT2D eigenvalue weighted by molar-refractivity contribution is 0.337. The second-order valence-corrected chi connectivity index (χ2v) is 4.22. The van der Waals surface area contributed by atoms with E-state index in [1.54, 1.807) is 0 Å². The minimum Gasteiger partial charge on any atom is -0.494 e. The van der Waals surface area contributed by atoms with E-state index in [1.165, 1.54) is 11.1 Å². The van der Waals surface area contributed by atoms with Crippen molar-refractivity contribution in [2.75, 3.05) is 26.2 Å². The average molecular weight is 242 g/mol. The number of nitrogens with zero attached hydrogens (tertiary/aromatic N) is 1. The van der Waals surface area contributed by atoms with E-state index < -0.39 is 0 Å². The zero-order valence-corrected chi connectivity index (χ0v) is 11.0. The van der Waals surface area contributed by atoms with Gasteiger partial charge in [0, 0.05) is 6.54 Å². The van der Waals surface area contributed by atoms with Gasteiger partial charge < -0.3 is 4.74 Å². The van der Waals surface area contributed by atoms with Gasteiger partial charge in [-0.25, -0.2) is 0 Å². The highest BCUT2D eigenvalue weighted by atomic mass is 35.5. The van der Waals surface area contributed by atoms with Gasteiger partial charge in [-0.3, -0.25) is 4.90 Å². The standard InChI is InChI=1S/C13H20ClNO/c1-4-16-13-6-5-12(9-11(13)2)7-8-15(3)10-14/h5-6,9H,4,7-8,10H2,1-3H3. The summed E-state index contributed by atoms with van der Waals surface area (Å²) in [6.45, 7) is 5.79. The van der Waals surface area contributed by atoms with E-state index in [4.69, 9.17) is 16.3 Å². The highest BCUT2D eigenvalue weighted by Crippen LogP contribution is 2.19. The molecule has 0 fully saturated rings. The first-order valence-electron chi connectivity index (χ1n) is 5.64. The van der Waals surface area contributed by atoms with Gasteiger partial charge in [-0.05, 0) is 44.5 Å². The van der Waals surface area contributed by atoms with E-state index >= 15 is 0 Å². The molecule has 1 aromatic carbocycles. The third-order valence-electron chi connectivity index (χ3n) is 2.53. The van der Waals surface area contributed by atoms with Crippen molar-refractivity contribution >= 4 is 11.6 Å². The second kappa shape index (κ2) is 6.77. The Morgan fingerprint density at radius 1 is 1.38 bits per heavy atom. The summed E-state index contributed by atoms with van der Waals surface area (Å²) in [4.78, 5) is 2.09. The highest BCUT2D eigenvalue weighted by Gasteiger charge is 2.02. The number of likely N-dealkylation sites (N-methyl/N-ethyl adjacent to an activating group) is 1. The number of benzene rings is 1. The minimum atomic E-state index is 0.579. The van der Waals surface area contributed by atoms with Crippen LogP contribution in [0.5, 0.6) is 5.75 Å². The van der Waals surface area contributed by atoms with Crippen molar-refractivity contribution in [1.82, 2.24) is 4.90 Å². The van der Waals surface area contributed by atoms with Crippen LogP contribution in [0, 0.1) is 6.92 Å². The molecule has 0 heterocycles. The Bertz CT molecular complexity index is 328. The molecule has 0 bridgehead atoms. The molecule has 0 aliphatic carbocycles. The van der Waals surface area contributed by atoms with Crippen molar-refractivity contribution in [3.05, 3.63) is 29.3 Å². The lowest BCUT2D eigenvalue weighted by Gasteiger charge is -2.13. The van der Waals surface area contributed by atoms with Gasteiger partial charge in [0.1, 0.15) is 5.75 Å². The summed E-state index contributed by atoms with van der Waals surface area (Å²) in [7, 11) is 2.02. The summed E-state index contributed by atoms with van der Waals surface area (Å²) in [6, 6.07) is 6.94. The lowest BCUT2D eigenvalue weighted by atomic mass is 10.1. The molecule has 0 unspecified atom stereocenters. The van der Waals surface area contributed by atoms with E-state index in [0.717, 1.165) is 25.3 Å². The fraction of sp³-hybridized carbons (Fsp3) is 0.538. The molecule has 90 valence electrons. The van der Waals surface area contributed by atoms with Gasteiger partial charge in [0.15, 0.2) is 0 Å². The average Bonchev–Trinajstić information content (AvgIpc) is 2.29. The van der Waals surface area contributed by atoms with Crippen LogP contribution in [-0.2, 0) is 6.42 Å². The number of hydrogen-bond acceptors (Lipinski definition) is 2. The number of alkyl halides is 1. The van der Waals surface area contributed by atoms with Gasteiger partial charge in [-0.2, -0.15) is 0 Å². The van der Waals surface area contributed by atoms with Crippen LogP contribution in [0.15, 0.2) is 18.2 Å². The van der Waals surface area contributed by atoms with Crippen LogP contribution in [0.1, 0.15) is 18.1 Å². The number of ether oxygens (including phenoxy) is 1. The molecule has 0 spiro atoms. The molecule has 0 saturated heterocycles. The Morgan fingerprint density at radius 2 is 2.12 bits per heavy atom. The molecule has 0 aliphatic rings. The maximum atomic E-state index is 5.72. The van der Waals surface area contributed by atoms with Gasteiger partial charge in [0.05, 0.1) is 12.6 Å². The maximum Gasteiger partial charge on any atom is 0.122 e. The van der Waals surface area contributed by atoms with E-state index in [1.807, 2.05) is 14.0 Å². The van der Waals surface area contributed by atoms with Gasteiger partial charge in [-0.15, -0.1) is 11.6 Å². The SMILES string of the molecule is CCOc1ccc(CCN(C)CCl)cc1C. The van der Waals surface area contributed by atoms with Crippen molar-refractivity contribution in [2.24, 2.45) is 0 Å². The molecule has 0 aromatic heterocycles. The molecule has 0 amide bonds. The van der Waals surface area contributed by atoms with E-state index in [2.05, 4.69) is 30.0 Å². The lowest BCUT2D eigenvalue weighted by Crippen LogP contribution is -2.19. The van der Waals surface area contributed by atoms with Crippen LogP contribution >= 0.6 is 11.6 Å². The van der Waals surface area contributed by atoms with Gasteiger partial charge >= 0.3 is 0 Å². The molecule has 0 aliphatic heterocycles. The summed E-state index contributed by atoms with van der Waals surface area (Å²) < 4.78 is 5.51.